The Morgan fingerprint density at radius 3 is 2.83 bits per heavy atom. The van der Waals surface area contributed by atoms with Crippen molar-refractivity contribution in [3.05, 3.63) is 54.4 Å². The van der Waals surface area contributed by atoms with Crippen molar-refractivity contribution in [2.75, 3.05) is 6.54 Å². The van der Waals surface area contributed by atoms with Gasteiger partial charge in [0.15, 0.2) is 0 Å². The minimum absolute atomic E-state index is 0.0147. The lowest BCUT2D eigenvalue weighted by molar-refractivity contribution is -0.137. The summed E-state index contributed by atoms with van der Waals surface area (Å²) in [6.07, 6.45) is 5.77. The number of hydrogen-bond donors (Lipinski definition) is 2. The van der Waals surface area contributed by atoms with Crippen molar-refractivity contribution in [1.29, 1.82) is 0 Å². The van der Waals surface area contributed by atoms with Gasteiger partial charge in [0, 0.05) is 37.8 Å². The molecule has 0 saturated heterocycles. The molecular weight excluding hydrogens is 313 g/mol. The van der Waals surface area contributed by atoms with Gasteiger partial charge >= 0.3 is 5.97 Å². The van der Waals surface area contributed by atoms with Crippen molar-refractivity contribution in [3.8, 4) is 0 Å². The van der Waals surface area contributed by atoms with Crippen molar-refractivity contribution in [3.63, 3.8) is 0 Å². The quantitative estimate of drug-likeness (QED) is 0.689. The highest BCUT2D eigenvalue weighted by Crippen LogP contribution is 2.24. The van der Waals surface area contributed by atoms with Gasteiger partial charge in [-0.25, -0.2) is 9.37 Å². The highest BCUT2D eigenvalue weighted by Gasteiger charge is 2.19. The van der Waals surface area contributed by atoms with Gasteiger partial charge in [-0.15, -0.1) is 0 Å². The van der Waals surface area contributed by atoms with Crippen LogP contribution < -0.4 is 5.32 Å². The summed E-state index contributed by atoms with van der Waals surface area (Å²) in [6.45, 7) is 1.22. The number of imidazole rings is 1. The molecule has 7 heteroatoms. The Bertz CT molecular complexity index is 673. The summed E-state index contributed by atoms with van der Waals surface area (Å²) in [5.74, 6) is -2.25. The average Bonchev–Trinajstić information content (AvgIpc) is 3.04. The molecule has 128 valence electrons. The third-order valence-corrected chi connectivity index (χ3v) is 3.65. The van der Waals surface area contributed by atoms with Gasteiger partial charge in [-0.1, -0.05) is 12.1 Å². The topological polar surface area (TPSA) is 84.2 Å². The number of benzene rings is 1. The summed E-state index contributed by atoms with van der Waals surface area (Å²) in [7, 11) is 0. The number of nitrogens with one attached hydrogen (secondary N) is 1. The van der Waals surface area contributed by atoms with E-state index < -0.39 is 17.7 Å². The largest absolute Gasteiger partial charge is 0.481 e. The Morgan fingerprint density at radius 2 is 2.17 bits per heavy atom. The van der Waals surface area contributed by atoms with Gasteiger partial charge in [-0.05, 0) is 24.1 Å². The molecule has 1 aromatic heterocycles. The molecule has 1 unspecified atom stereocenters. The summed E-state index contributed by atoms with van der Waals surface area (Å²) in [4.78, 5) is 27.0. The van der Waals surface area contributed by atoms with Crippen LogP contribution in [0, 0.1) is 5.82 Å². The second-order valence-corrected chi connectivity index (χ2v) is 5.56. The fourth-order valence-corrected chi connectivity index (χ4v) is 2.48. The number of aromatic nitrogens is 2. The van der Waals surface area contributed by atoms with Crippen LogP contribution in [0.2, 0.25) is 0 Å². The van der Waals surface area contributed by atoms with E-state index >= 15 is 0 Å². The summed E-state index contributed by atoms with van der Waals surface area (Å²) in [6, 6.07) is 5.73. The highest BCUT2D eigenvalue weighted by molar-refractivity contribution is 5.78. The first kappa shape index (κ1) is 17.7. The van der Waals surface area contributed by atoms with Crippen LogP contribution in [0.3, 0.4) is 0 Å². The van der Waals surface area contributed by atoms with E-state index in [1.54, 1.807) is 18.6 Å². The number of carboxylic acid groups (broad SMARTS) is 1. The first-order valence-electron chi connectivity index (χ1n) is 7.74. The van der Waals surface area contributed by atoms with E-state index in [9.17, 15) is 14.0 Å². The number of amides is 1. The Balaban J connectivity index is 1.84. The van der Waals surface area contributed by atoms with Crippen molar-refractivity contribution in [1.82, 2.24) is 14.9 Å². The molecule has 1 heterocycles. The molecule has 24 heavy (non-hydrogen) atoms. The van der Waals surface area contributed by atoms with Crippen molar-refractivity contribution < 1.29 is 19.1 Å². The average molecular weight is 333 g/mol. The van der Waals surface area contributed by atoms with E-state index in [1.807, 2.05) is 10.8 Å². The molecule has 0 aliphatic heterocycles. The number of rotatable bonds is 9. The molecule has 1 aromatic carbocycles. The number of aliphatic carboxylic acids is 1. The lowest BCUT2D eigenvalue weighted by Gasteiger charge is -2.15. The molecular formula is C17H20FN3O3. The predicted octanol–water partition coefficient (Wildman–Crippen LogP) is 2.18. The van der Waals surface area contributed by atoms with Crippen molar-refractivity contribution in [2.24, 2.45) is 0 Å². The molecule has 0 bridgehead atoms. The SMILES string of the molecule is O=C(O)CC(CC(=O)NCCCn1ccnc1)c1cccc(F)c1. The number of carbonyl (C=O) groups excluding carboxylic acids is 1. The van der Waals surface area contributed by atoms with Crippen molar-refractivity contribution in [2.45, 2.75) is 31.7 Å². The minimum atomic E-state index is -1.02. The lowest BCUT2D eigenvalue weighted by Crippen LogP contribution is -2.27. The standard InChI is InChI=1S/C17H20FN3O3/c18-15-4-1-3-13(9-15)14(11-17(23)24)10-16(22)20-5-2-7-21-8-6-19-12-21/h1,3-4,6,8-9,12,14H,2,5,7,10-11H2,(H,20,22)(H,23,24). The molecule has 0 aliphatic carbocycles. The number of carbonyl (C=O) groups is 2. The first-order chi connectivity index (χ1) is 11.5. The normalized spacial score (nSPS) is 11.9. The zero-order chi connectivity index (χ0) is 17.4. The number of nitrogens with zero attached hydrogens (tertiary/aromatic N) is 2. The van der Waals surface area contributed by atoms with Gasteiger partial charge in [0.2, 0.25) is 5.91 Å². The van der Waals surface area contributed by atoms with E-state index in [0.717, 1.165) is 13.0 Å². The Hall–Kier alpha value is -2.70. The molecule has 0 aliphatic rings. The van der Waals surface area contributed by atoms with E-state index in [0.29, 0.717) is 12.1 Å². The van der Waals surface area contributed by atoms with Crippen LogP contribution in [-0.2, 0) is 16.1 Å². The van der Waals surface area contributed by atoms with Crippen LogP contribution in [0.1, 0.15) is 30.7 Å². The Labute approximate surface area is 139 Å². The molecule has 1 atom stereocenters. The molecule has 0 spiro atoms. The molecule has 0 fully saturated rings. The number of halogens is 1. The van der Waals surface area contributed by atoms with Gasteiger partial charge in [-0.3, -0.25) is 9.59 Å². The van der Waals surface area contributed by atoms with E-state index in [4.69, 9.17) is 5.11 Å². The van der Waals surface area contributed by atoms with Gasteiger partial charge in [-0.2, -0.15) is 0 Å². The molecule has 2 aromatic rings. The Morgan fingerprint density at radius 1 is 1.33 bits per heavy atom. The summed E-state index contributed by atoms with van der Waals surface area (Å²) in [5, 5.41) is 11.8. The summed E-state index contributed by atoms with van der Waals surface area (Å²) in [5.41, 5.74) is 0.519. The second kappa shape index (κ2) is 8.81. The van der Waals surface area contributed by atoms with E-state index in [2.05, 4.69) is 10.3 Å². The zero-order valence-electron chi connectivity index (χ0n) is 13.2. The smallest absolute Gasteiger partial charge is 0.303 e. The maximum Gasteiger partial charge on any atom is 0.303 e. The minimum Gasteiger partial charge on any atom is -0.481 e. The Kier molecular flexibility index (Phi) is 6.48. The van der Waals surface area contributed by atoms with Gasteiger partial charge in [0.05, 0.1) is 12.7 Å². The van der Waals surface area contributed by atoms with Gasteiger partial charge in [0.1, 0.15) is 5.82 Å². The fraction of sp³-hybridized carbons (Fsp3) is 0.353. The monoisotopic (exact) mass is 333 g/mol. The zero-order valence-corrected chi connectivity index (χ0v) is 13.2. The molecule has 1 amide bonds. The first-order valence-corrected chi connectivity index (χ1v) is 7.74. The van der Waals surface area contributed by atoms with Crippen LogP contribution in [-0.4, -0.2) is 33.1 Å². The predicted molar refractivity (Wildman–Crippen MR) is 85.9 cm³/mol. The molecule has 0 saturated carbocycles. The van der Waals surface area contributed by atoms with Crippen LogP contribution in [0.25, 0.3) is 0 Å². The third-order valence-electron chi connectivity index (χ3n) is 3.65. The van der Waals surface area contributed by atoms with Gasteiger partial charge < -0.3 is 15.0 Å². The van der Waals surface area contributed by atoms with E-state index in [-0.39, 0.29) is 18.7 Å². The number of hydrogen-bond acceptors (Lipinski definition) is 3. The second-order valence-electron chi connectivity index (χ2n) is 5.56. The molecule has 2 N–H and O–H groups in total. The van der Waals surface area contributed by atoms with E-state index in [1.165, 1.54) is 18.2 Å². The summed E-state index contributed by atoms with van der Waals surface area (Å²) < 4.78 is 15.2. The van der Waals surface area contributed by atoms with Crippen LogP contribution in [0.4, 0.5) is 4.39 Å². The van der Waals surface area contributed by atoms with Crippen LogP contribution in [0.5, 0.6) is 0 Å². The third kappa shape index (κ3) is 5.83. The fourth-order valence-electron chi connectivity index (χ4n) is 2.48. The molecule has 6 nitrogen and oxygen atoms in total. The van der Waals surface area contributed by atoms with Crippen LogP contribution in [0.15, 0.2) is 43.0 Å². The highest BCUT2D eigenvalue weighted by atomic mass is 19.1. The molecule has 0 radical (unpaired) electrons. The lowest BCUT2D eigenvalue weighted by atomic mass is 9.92. The van der Waals surface area contributed by atoms with Gasteiger partial charge in [0.25, 0.3) is 0 Å². The maximum atomic E-state index is 13.3. The summed E-state index contributed by atoms with van der Waals surface area (Å²) >= 11 is 0. The molecule has 2 rings (SSSR count). The van der Waals surface area contributed by atoms with Crippen molar-refractivity contribution >= 4 is 11.9 Å². The number of aryl methyl sites for hydroxylation is 1. The number of carboxylic acids is 1. The maximum absolute atomic E-state index is 13.3. The van der Waals surface area contributed by atoms with Crippen LogP contribution >= 0.6 is 0 Å².